The van der Waals surface area contributed by atoms with E-state index >= 15 is 0 Å². The van der Waals surface area contributed by atoms with E-state index in [-0.39, 0.29) is 24.9 Å². The summed E-state index contributed by atoms with van der Waals surface area (Å²) in [5.74, 6) is -0.639. The number of nitrogens with zero attached hydrogens (tertiary/aromatic N) is 3. The van der Waals surface area contributed by atoms with E-state index in [4.69, 9.17) is 9.47 Å². The molecule has 2 aromatic rings. The van der Waals surface area contributed by atoms with Gasteiger partial charge in [0.25, 0.3) is 0 Å². The number of aromatic nitrogens is 3. The third-order valence-corrected chi connectivity index (χ3v) is 4.10. The van der Waals surface area contributed by atoms with Crippen molar-refractivity contribution in [1.29, 1.82) is 0 Å². The van der Waals surface area contributed by atoms with Gasteiger partial charge in [0.15, 0.2) is 5.79 Å². The summed E-state index contributed by atoms with van der Waals surface area (Å²) < 4.78 is 14.0. The molecule has 1 aliphatic carbocycles. The van der Waals surface area contributed by atoms with Gasteiger partial charge in [-0.1, -0.05) is 6.08 Å². The van der Waals surface area contributed by atoms with Gasteiger partial charge in [0.05, 0.1) is 12.6 Å². The van der Waals surface area contributed by atoms with Crippen LogP contribution < -0.4 is 0 Å². The van der Waals surface area contributed by atoms with Crippen LogP contribution in [-0.4, -0.2) is 44.2 Å². The number of aliphatic hydroxyl groups excluding tert-OH is 1. The van der Waals surface area contributed by atoms with Crippen LogP contribution in [0.2, 0.25) is 0 Å². The van der Waals surface area contributed by atoms with Gasteiger partial charge < -0.3 is 19.1 Å². The molecule has 2 aliphatic rings. The second-order valence-electron chi connectivity index (χ2n) is 5.94. The maximum atomic E-state index is 9.57. The zero-order valence-electron chi connectivity index (χ0n) is 11.9. The van der Waals surface area contributed by atoms with Crippen LogP contribution in [0.3, 0.4) is 0 Å². The molecule has 0 aromatic carbocycles. The summed E-state index contributed by atoms with van der Waals surface area (Å²) in [5, 5.41) is 10.6. The van der Waals surface area contributed by atoms with Gasteiger partial charge in [-0.05, 0) is 25.5 Å². The van der Waals surface area contributed by atoms with Gasteiger partial charge in [-0.15, -0.1) is 0 Å². The van der Waals surface area contributed by atoms with Gasteiger partial charge in [-0.25, -0.2) is 9.97 Å². The normalized spacial score (nSPS) is 30.6. The average Bonchev–Trinajstić information content (AvgIpc) is 3.09. The number of ether oxygens (including phenoxy) is 2. The Morgan fingerprint density at radius 2 is 2.24 bits per heavy atom. The maximum absolute atomic E-state index is 9.57. The molecule has 0 saturated carbocycles. The predicted octanol–water partition coefficient (Wildman–Crippen LogP) is 1.42. The summed E-state index contributed by atoms with van der Waals surface area (Å²) in [6, 6.07) is 1.95. The molecule has 2 aromatic heterocycles. The molecular weight excluding hydrogens is 270 g/mol. The van der Waals surface area contributed by atoms with Gasteiger partial charge in [0, 0.05) is 17.8 Å². The van der Waals surface area contributed by atoms with Crippen molar-refractivity contribution in [3.8, 4) is 0 Å². The molecule has 0 amide bonds. The molecule has 110 valence electrons. The quantitative estimate of drug-likeness (QED) is 0.846. The Bertz CT molecular complexity index is 722. The fourth-order valence-corrected chi connectivity index (χ4v) is 3.25. The lowest BCUT2D eigenvalue weighted by Crippen LogP contribution is -2.28. The number of hydrogen-bond donors (Lipinski definition) is 1. The molecular formula is C15H17N3O3. The van der Waals surface area contributed by atoms with Crippen molar-refractivity contribution in [3.63, 3.8) is 0 Å². The first-order valence-corrected chi connectivity index (χ1v) is 7.03. The Morgan fingerprint density at radius 3 is 3.05 bits per heavy atom. The number of fused-ring (bicyclic) bond motifs is 2. The Morgan fingerprint density at radius 1 is 1.38 bits per heavy atom. The Labute approximate surface area is 122 Å². The lowest BCUT2D eigenvalue weighted by molar-refractivity contribution is -0.148. The fourth-order valence-electron chi connectivity index (χ4n) is 3.25. The molecule has 1 saturated heterocycles. The topological polar surface area (TPSA) is 69.4 Å². The molecule has 1 N–H and O–H groups in total. The van der Waals surface area contributed by atoms with Gasteiger partial charge >= 0.3 is 0 Å². The zero-order valence-corrected chi connectivity index (χ0v) is 11.9. The van der Waals surface area contributed by atoms with E-state index in [1.165, 1.54) is 6.33 Å². The first-order valence-electron chi connectivity index (χ1n) is 7.03. The van der Waals surface area contributed by atoms with Crippen LogP contribution >= 0.6 is 0 Å². The van der Waals surface area contributed by atoms with Crippen LogP contribution in [0, 0.1) is 0 Å². The van der Waals surface area contributed by atoms with E-state index in [0.29, 0.717) is 0 Å². The van der Waals surface area contributed by atoms with Crippen molar-refractivity contribution in [2.24, 2.45) is 0 Å². The molecule has 0 bridgehead atoms. The van der Waals surface area contributed by atoms with E-state index in [9.17, 15) is 5.11 Å². The molecule has 1 fully saturated rings. The Kier molecular flexibility index (Phi) is 2.69. The number of aliphatic hydroxyl groups is 1. The van der Waals surface area contributed by atoms with Crippen LogP contribution in [0.5, 0.6) is 0 Å². The summed E-state index contributed by atoms with van der Waals surface area (Å²) in [4.78, 5) is 8.39. The Balaban J connectivity index is 1.79. The standard InChI is InChI=1S/C15H17N3O3/c1-15(2)20-12-10(7-19)5-11(13(12)21-15)18-4-3-9-6-16-8-17-14(9)18/h3-6,8,11-13,19H,7H2,1-2H3/t11-,12-,13+/m1/s1. The molecule has 6 heteroatoms. The average molecular weight is 287 g/mol. The van der Waals surface area contributed by atoms with Crippen molar-refractivity contribution in [3.05, 3.63) is 36.4 Å². The highest BCUT2D eigenvalue weighted by Gasteiger charge is 2.50. The van der Waals surface area contributed by atoms with Crippen molar-refractivity contribution >= 4 is 11.0 Å². The fraction of sp³-hybridized carbons (Fsp3) is 0.467. The minimum absolute atomic E-state index is 0.0225. The third-order valence-electron chi connectivity index (χ3n) is 4.10. The molecule has 0 radical (unpaired) electrons. The molecule has 0 unspecified atom stereocenters. The molecule has 3 heterocycles. The summed E-state index contributed by atoms with van der Waals surface area (Å²) in [6.45, 7) is 3.77. The lowest BCUT2D eigenvalue weighted by Gasteiger charge is -2.22. The highest BCUT2D eigenvalue weighted by Crippen LogP contribution is 2.43. The minimum atomic E-state index is -0.639. The van der Waals surface area contributed by atoms with Crippen molar-refractivity contribution in [2.75, 3.05) is 6.61 Å². The first-order chi connectivity index (χ1) is 10.1. The molecule has 1 aliphatic heterocycles. The highest BCUT2D eigenvalue weighted by atomic mass is 16.8. The predicted molar refractivity (Wildman–Crippen MR) is 75.6 cm³/mol. The van der Waals surface area contributed by atoms with Crippen LogP contribution in [0.15, 0.2) is 36.4 Å². The summed E-state index contributed by atoms with van der Waals surface area (Å²) in [7, 11) is 0. The largest absolute Gasteiger partial charge is 0.392 e. The van der Waals surface area contributed by atoms with Crippen molar-refractivity contribution < 1.29 is 14.6 Å². The summed E-state index contributed by atoms with van der Waals surface area (Å²) >= 11 is 0. The van der Waals surface area contributed by atoms with Crippen LogP contribution in [0.4, 0.5) is 0 Å². The number of rotatable bonds is 2. The smallest absolute Gasteiger partial charge is 0.164 e. The Hall–Kier alpha value is -1.76. The van der Waals surface area contributed by atoms with Gasteiger partial charge in [-0.2, -0.15) is 0 Å². The van der Waals surface area contributed by atoms with Crippen LogP contribution in [0.1, 0.15) is 19.9 Å². The van der Waals surface area contributed by atoms with Gasteiger partial charge in [-0.3, -0.25) is 0 Å². The van der Waals surface area contributed by atoms with Crippen LogP contribution in [0.25, 0.3) is 11.0 Å². The first kappa shape index (κ1) is 12.9. The SMILES string of the molecule is CC1(C)O[C@@H]2[C@H](O1)C(CO)=C[C@H]2n1ccc2cncnc21. The highest BCUT2D eigenvalue weighted by molar-refractivity contribution is 5.75. The summed E-state index contributed by atoms with van der Waals surface area (Å²) in [6.07, 6.45) is 6.98. The van der Waals surface area contributed by atoms with E-state index in [1.807, 2.05) is 32.2 Å². The van der Waals surface area contributed by atoms with E-state index < -0.39 is 5.79 Å². The lowest BCUT2D eigenvalue weighted by atomic mass is 10.1. The second-order valence-corrected chi connectivity index (χ2v) is 5.94. The van der Waals surface area contributed by atoms with Crippen molar-refractivity contribution in [2.45, 2.75) is 37.9 Å². The van der Waals surface area contributed by atoms with E-state index in [2.05, 4.69) is 14.5 Å². The molecule has 6 nitrogen and oxygen atoms in total. The van der Waals surface area contributed by atoms with E-state index in [1.54, 1.807) is 6.20 Å². The molecule has 21 heavy (non-hydrogen) atoms. The molecule has 0 spiro atoms. The van der Waals surface area contributed by atoms with E-state index in [0.717, 1.165) is 16.6 Å². The maximum Gasteiger partial charge on any atom is 0.164 e. The van der Waals surface area contributed by atoms with Crippen molar-refractivity contribution in [1.82, 2.24) is 14.5 Å². The second kappa shape index (κ2) is 4.37. The third kappa shape index (κ3) is 1.91. The van der Waals surface area contributed by atoms with Crippen LogP contribution in [-0.2, 0) is 9.47 Å². The van der Waals surface area contributed by atoms with Gasteiger partial charge in [0.2, 0.25) is 0 Å². The molecule has 4 rings (SSSR count). The summed E-state index contributed by atoms with van der Waals surface area (Å²) in [5.41, 5.74) is 1.73. The molecule has 3 atom stereocenters. The monoisotopic (exact) mass is 287 g/mol. The zero-order chi connectivity index (χ0) is 14.6. The van der Waals surface area contributed by atoms with Gasteiger partial charge in [0.1, 0.15) is 24.2 Å². The minimum Gasteiger partial charge on any atom is -0.392 e. The number of hydrogen-bond acceptors (Lipinski definition) is 5.